The predicted octanol–water partition coefficient (Wildman–Crippen LogP) is 2.26. The summed E-state index contributed by atoms with van der Waals surface area (Å²) >= 11 is 0. The lowest BCUT2D eigenvalue weighted by Gasteiger charge is -2.36. The zero-order chi connectivity index (χ0) is 17.8. The van der Waals surface area contributed by atoms with E-state index in [2.05, 4.69) is 34.2 Å². The van der Waals surface area contributed by atoms with Crippen LogP contribution in [-0.4, -0.2) is 69.7 Å². The number of carbonyl (C=O) groups is 1. The lowest BCUT2D eigenvalue weighted by Crippen LogP contribution is -2.50. The molecule has 0 aromatic heterocycles. The Hall–Kier alpha value is -1.33. The van der Waals surface area contributed by atoms with Gasteiger partial charge in [-0.2, -0.15) is 0 Å². The van der Waals surface area contributed by atoms with Crippen molar-refractivity contribution in [1.29, 1.82) is 0 Å². The summed E-state index contributed by atoms with van der Waals surface area (Å²) in [6, 6.07) is -0.226. The molecule has 0 saturated carbocycles. The summed E-state index contributed by atoms with van der Waals surface area (Å²) in [5.41, 5.74) is 2.34. The van der Waals surface area contributed by atoms with E-state index < -0.39 is 0 Å². The molecule has 5 nitrogen and oxygen atoms in total. The minimum atomic E-state index is -0.226. The van der Waals surface area contributed by atoms with Crippen molar-refractivity contribution in [2.75, 3.05) is 47.9 Å². The van der Waals surface area contributed by atoms with Crippen LogP contribution in [0.1, 0.15) is 33.6 Å². The maximum Gasteiger partial charge on any atom is 0.242 e. The number of nitrogens with zero attached hydrogens (tertiary/aromatic N) is 2. The van der Waals surface area contributed by atoms with Gasteiger partial charge in [0, 0.05) is 46.4 Å². The predicted molar refractivity (Wildman–Crippen MR) is 97.4 cm³/mol. The SMILES string of the molecule is CC.CC/C=C\C1=C(N(C)C)CCN(C)C1C(=O)NCCOC. The molecule has 0 saturated heterocycles. The monoisotopic (exact) mass is 325 g/mol. The maximum absolute atomic E-state index is 12.5. The third-order valence-corrected chi connectivity index (χ3v) is 3.70. The summed E-state index contributed by atoms with van der Waals surface area (Å²) in [7, 11) is 7.73. The molecule has 1 heterocycles. The summed E-state index contributed by atoms with van der Waals surface area (Å²) in [4.78, 5) is 16.8. The number of ether oxygens (including phenoxy) is 1. The van der Waals surface area contributed by atoms with Crippen LogP contribution >= 0.6 is 0 Å². The van der Waals surface area contributed by atoms with Crippen LogP contribution in [0.25, 0.3) is 0 Å². The fourth-order valence-corrected chi connectivity index (χ4v) is 2.58. The first-order chi connectivity index (χ1) is 11.0. The molecular formula is C18H35N3O2. The Morgan fingerprint density at radius 3 is 2.61 bits per heavy atom. The number of likely N-dealkylation sites (N-methyl/N-ethyl adjacent to an activating group) is 1. The van der Waals surface area contributed by atoms with Crippen LogP contribution in [0.5, 0.6) is 0 Å². The second-order valence-corrected chi connectivity index (χ2v) is 5.52. The van der Waals surface area contributed by atoms with Crippen LogP contribution in [0.3, 0.4) is 0 Å². The summed E-state index contributed by atoms with van der Waals surface area (Å²) in [5, 5.41) is 2.96. The van der Waals surface area contributed by atoms with Crippen LogP contribution in [-0.2, 0) is 9.53 Å². The second kappa shape index (κ2) is 12.1. The van der Waals surface area contributed by atoms with Crippen LogP contribution in [0.4, 0.5) is 0 Å². The molecule has 23 heavy (non-hydrogen) atoms. The van der Waals surface area contributed by atoms with Gasteiger partial charge >= 0.3 is 0 Å². The van der Waals surface area contributed by atoms with Crippen molar-refractivity contribution in [3.05, 3.63) is 23.4 Å². The van der Waals surface area contributed by atoms with Gasteiger partial charge in [-0.3, -0.25) is 9.69 Å². The van der Waals surface area contributed by atoms with Gasteiger partial charge in [0.05, 0.1) is 6.61 Å². The van der Waals surface area contributed by atoms with Crippen molar-refractivity contribution < 1.29 is 9.53 Å². The van der Waals surface area contributed by atoms with Crippen molar-refractivity contribution in [2.45, 2.75) is 39.7 Å². The van der Waals surface area contributed by atoms with E-state index in [-0.39, 0.29) is 11.9 Å². The number of rotatable bonds is 7. The number of nitrogens with one attached hydrogen (secondary N) is 1. The summed E-state index contributed by atoms with van der Waals surface area (Å²) < 4.78 is 4.99. The number of amides is 1. The fourth-order valence-electron chi connectivity index (χ4n) is 2.58. The highest BCUT2D eigenvalue weighted by Crippen LogP contribution is 2.26. The van der Waals surface area contributed by atoms with E-state index in [0.29, 0.717) is 13.2 Å². The van der Waals surface area contributed by atoms with Gasteiger partial charge < -0.3 is 15.0 Å². The quantitative estimate of drug-likeness (QED) is 0.729. The molecule has 0 radical (unpaired) electrons. The van der Waals surface area contributed by atoms with Crippen LogP contribution in [0.2, 0.25) is 0 Å². The second-order valence-electron chi connectivity index (χ2n) is 5.52. The van der Waals surface area contributed by atoms with Crippen LogP contribution < -0.4 is 5.32 Å². The van der Waals surface area contributed by atoms with Crippen LogP contribution in [0.15, 0.2) is 23.4 Å². The van der Waals surface area contributed by atoms with E-state index in [0.717, 1.165) is 25.0 Å². The van der Waals surface area contributed by atoms with Crippen molar-refractivity contribution in [1.82, 2.24) is 15.1 Å². The highest BCUT2D eigenvalue weighted by atomic mass is 16.5. The number of hydrogen-bond donors (Lipinski definition) is 1. The van der Waals surface area contributed by atoms with Gasteiger partial charge in [-0.05, 0) is 19.0 Å². The molecule has 0 aromatic rings. The Bertz CT molecular complexity index is 403. The molecule has 0 fully saturated rings. The number of allylic oxidation sites excluding steroid dienone is 1. The summed E-state index contributed by atoms with van der Waals surface area (Å²) in [6.45, 7) is 8.07. The first-order valence-electron chi connectivity index (χ1n) is 8.56. The Labute approximate surface area is 142 Å². The summed E-state index contributed by atoms with van der Waals surface area (Å²) in [6.07, 6.45) is 6.15. The summed E-state index contributed by atoms with van der Waals surface area (Å²) in [5.74, 6) is 0.0457. The minimum Gasteiger partial charge on any atom is -0.383 e. The third-order valence-electron chi connectivity index (χ3n) is 3.70. The Morgan fingerprint density at radius 2 is 2.09 bits per heavy atom. The molecule has 134 valence electrons. The average molecular weight is 325 g/mol. The molecule has 1 aliphatic rings. The number of methoxy groups -OCH3 is 1. The molecular weight excluding hydrogens is 290 g/mol. The zero-order valence-electron chi connectivity index (χ0n) is 16.0. The Morgan fingerprint density at radius 1 is 1.43 bits per heavy atom. The van der Waals surface area contributed by atoms with Gasteiger partial charge in [-0.15, -0.1) is 0 Å². The van der Waals surface area contributed by atoms with Gasteiger partial charge in [0.25, 0.3) is 0 Å². The lowest BCUT2D eigenvalue weighted by atomic mass is 9.95. The van der Waals surface area contributed by atoms with Gasteiger partial charge in [0.2, 0.25) is 5.91 Å². The van der Waals surface area contributed by atoms with E-state index in [9.17, 15) is 4.79 Å². The van der Waals surface area contributed by atoms with Crippen LogP contribution in [0, 0.1) is 0 Å². The zero-order valence-corrected chi connectivity index (χ0v) is 16.0. The highest BCUT2D eigenvalue weighted by molar-refractivity contribution is 5.86. The molecule has 1 rings (SSSR count). The smallest absolute Gasteiger partial charge is 0.242 e. The molecule has 1 N–H and O–H groups in total. The Kier molecular flexibility index (Phi) is 11.4. The van der Waals surface area contributed by atoms with Gasteiger partial charge in [0.1, 0.15) is 6.04 Å². The van der Waals surface area contributed by atoms with Gasteiger partial charge in [0.15, 0.2) is 0 Å². The van der Waals surface area contributed by atoms with E-state index in [1.54, 1.807) is 7.11 Å². The van der Waals surface area contributed by atoms with Gasteiger partial charge in [-0.1, -0.05) is 32.9 Å². The maximum atomic E-state index is 12.5. The standard InChI is InChI=1S/C16H29N3O2.C2H6/c1-6-7-8-13-14(18(2)3)9-11-19(4)15(13)16(20)17-10-12-21-5;1-2/h7-8,15H,6,9-12H2,1-5H3,(H,17,20);1-2H3/b8-7-;. The topological polar surface area (TPSA) is 44.8 Å². The molecule has 0 spiro atoms. The van der Waals surface area contributed by atoms with E-state index >= 15 is 0 Å². The normalized spacial score (nSPS) is 18.7. The average Bonchev–Trinajstić information content (AvgIpc) is 2.54. The van der Waals surface area contributed by atoms with Crippen molar-refractivity contribution in [2.24, 2.45) is 0 Å². The largest absolute Gasteiger partial charge is 0.383 e. The fraction of sp³-hybridized carbons (Fsp3) is 0.722. The molecule has 0 aromatic carbocycles. The van der Waals surface area contributed by atoms with Gasteiger partial charge in [-0.25, -0.2) is 0 Å². The van der Waals surface area contributed by atoms with Crippen molar-refractivity contribution >= 4 is 5.91 Å². The Balaban J connectivity index is 0.00000232. The first-order valence-corrected chi connectivity index (χ1v) is 8.56. The molecule has 0 aliphatic carbocycles. The molecule has 1 aliphatic heterocycles. The molecule has 1 atom stereocenters. The lowest BCUT2D eigenvalue weighted by molar-refractivity contribution is -0.125. The molecule has 0 bridgehead atoms. The molecule has 1 amide bonds. The first kappa shape index (κ1) is 21.7. The van der Waals surface area contributed by atoms with Crippen molar-refractivity contribution in [3.63, 3.8) is 0 Å². The molecule has 1 unspecified atom stereocenters. The minimum absolute atomic E-state index is 0.0457. The highest BCUT2D eigenvalue weighted by Gasteiger charge is 2.32. The van der Waals surface area contributed by atoms with Crippen molar-refractivity contribution in [3.8, 4) is 0 Å². The third kappa shape index (κ3) is 6.75. The van der Waals surface area contributed by atoms with E-state index in [1.807, 2.05) is 35.0 Å². The number of carbonyl (C=O) groups excluding carboxylic acids is 1. The number of hydrogen-bond acceptors (Lipinski definition) is 4. The molecule has 5 heteroatoms. The van der Waals surface area contributed by atoms with E-state index in [1.165, 1.54) is 5.70 Å². The van der Waals surface area contributed by atoms with E-state index in [4.69, 9.17) is 4.74 Å².